The number of fused-ring (bicyclic) bond motifs is 3. The van der Waals surface area contributed by atoms with Crippen molar-refractivity contribution in [1.29, 1.82) is 15.8 Å². The number of nitrogen functional groups attached to an aromatic ring is 3. The second kappa shape index (κ2) is 39.6. The third kappa shape index (κ3) is 17.6. The molecule has 3 aliphatic heterocycles. The Hall–Kier alpha value is -13.4. The highest BCUT2D eigenvalue weighted by Gasteiger charge is 2.38. The lowest BCUT2D eigenvalue weighted by Gasteiger charge is -2.36. The minimum Gasteiger partial charge on any atom is -0.395 e. The van der Waals surface area contributed by atoms with Gasteiger partial charge in [-0.3, -0.25) is 57.4 Å². The van der Waals surface area contributed by atoms with Crippen LogP contribution in [0.15, 0.2) is 107 Å². The number of rotatable bonds is 15. The first-order valence-corrected chi connectivity index (χ1v) is 43.9. The predicted molar refractivity (Wildman–Crippen MR) is 507 cm³/mol. The number of nitriles is 3. The van der Waals surface area contributed by atoms with E-state index < -0.39 is 128 Å². The van der Waals surface area contributed by atoms with Crippen molar-refractivity contribution in [2.75, 3.05) is 110 Å². The van der Waals surface area contributed by atoms with E-state index in [1.54, 1.807) is 87.0 Å². The van der Waals surface area contributed by atoms with Gasteiger partial charge in [0.2, 0.25) is 17.7 Å². The largest absolute Gasteiger partial charge is 0.395 e. The molecular weight excluding hydrogens is 1910 g/mol. The van der Waals surface area contributed by atoms with Crippen molar-refractivity contribution in [2.45, 2.75) is 80.1 Å². The van der Waals surface area contributed by atoms with E-state index in [1.165, 1.54) is 50.1 Å². The number of aromatic nitrogens is 9. The lowest BCUT2D eigenvalue weighted by atomic mass is 10.0. The standard InChI is InChI=1S/C31H26Cl3F2N7O2.2C31H26Cl2F3N7O2/c1-5-19(44)41-8-10-42(11-9-41)29-16-12-18(32)27(20-23(35)21(33)22(34)25(38)24(20)36)40-30(16)43(31(45)17(29)13-37)28-15(4)6-7-39-26(28)14(2)3;2*1-5-19(44)41-8-10-42(11-9-41)29-16-12-18(32)27(20-21(33)25(38)24(36)23(35)22(20)34)40-30(16)43(31(45)17(29)13-37)28-15(4)6-7-39-26(28)14(2)3/h3*5-7,12,14H,1,8-11,38H2,2-4H3. The molecule has 6 N–H and O–H groups in total. The molecule has 12 heterocycles. The molecule has 9 aromatic heterocycles. The molecule has 12 aromatic rings. The van der Waals surface area contributed by atoms with Crippen LogP contribution in [0.1, 0.15) is 110 Å². The highest BCUT2D eigenvalue weighted by Crippen LogP contribution is 2.49. The van der Waals surface area contributed by atoms with Crippen LogP contribution in [0, 0.1) is 101 Å². The first-order valence-electron chi connectivity index (χ1n) is 41.3. The van der Waals surface area contributed by atoms with Crippen molar-refractivity contribution in [3.05, 3.63) is 256 Å². The van der Waals surface area contributed by atoms with Gasteiger partial charge in [-0.1, -0.05) is 142 Å². The van der Waals surface area contributed by atoms with Gasteiger partial charge in [-0.05, 0) is 110 Å². The third-order valence-electron chi connectivity index (χ3n) is 23.2. The molecular formula is C93H78Cl7F8N21O6. The van der Waals surface area contributed by atoms with Gasteiger partial charge in [-0.2, -0.15) is 15.8 Å². The van der Waals surface area contributed by atoms with E-state index in [0.29, 0.717) is 50.8 Å². The molecule has 0 bridgehead atoms. The molecule has 0 aliphatic carbocycles. The summed E-state index contributed by atoms with van der Waals surface area (Å²) in [5.41, 5.74) is 13.5. The van der Waals surface area contributed by atoms with Gasteiger partial charge in [0, 0.05) is 113 Å². The lowest BCUT2D eigenvalue weighted by Crippen LogP contribution is -2.49. The van der Waals surface area contributed by atoms with Gasteiger partial charge in [-0.25, -0.2) is 50.1 Å². The number of anilines is 6. The van der Waals surface area contributed by atoms with Crippen LogP contribution in [0.25, 0.3) is 83.9 Å². The van der Waals surface area contributed by atoms with Crippen molar-refractivity contribution in [3.63, 3.8) is 0 Å². The molecule has 3 amide bonds. The Morgan fingerprint density at radius 3 is 0.889 bits per heavy atom. The Kier molecular flexibility index (Phi) is 29.1. The molecule has 0 saturated carbocycles. The van der Waals surface area contributed by atoms with Crippen LogP contribution in [0.4, 0.5) is 69.2 Å². The second-order valence-corrected chi connectivity index (χ2v) is 35.0. The molecule has 42 heteroatoms. The molecule has 3 aliphatic rings. The SMILES string of the molecule is C=CC(=O)N1CCN(c2c(C#N)c(=O)n(-c3c(C)ccnc3C(C)C)c3nc(-c4c(F)c(F)c(F)c(N)c4Cl)c(Cl)cc23)CC1.C=CC(=O)N1CCN(c2c(C#N)c(=O)n(-c3c(C)ccnc3C(C)C)c3nc(-c4c(F)c(F)c(F)c(N)c4Cl)c(Cl)cc23)CC1.C=CC(=O)N1CCN(c2c(C#N)c(=O)n(-c3c(C)ccnc3C(C)C)c3nc(-c4c(F)c(N)c(Cl)c(Cl)c4F)c(Cl)cc23)CC1. The first kappa shape index (κ1) is 99.0. The number of carbonyl (C=O) groups is 3. The smallest absolute Gasteiger partial charge is 0.276 e. The summed E-state index contributed by atoms with van der Waals surface area (Å²) in [5, 5.41) is 28.7. The molecule has 3 saturated heterocycles. The summed E-state index contributed by atoms with van der Waals surface area (Å²) in [5.74, 6) is -14.2. The highest BCUT2D eigenvalue weighted by molar-refractivity contribution is 6.44. The normalized spacial score (nSPS) is 13.4. The van der Waals surface area contributed by atoms with Gasteiger partial charge in [0.1, 0.15) is 51.8 Å². The Labute approximate surface area is 800 Å². The lowest BCUT2D eigenvalue weighted by molar-refractivity contribution is -0.127. The molecule has 696 valence electrons. The van der Waals surface area contributed by atoms with Gasteiger partial charge in [0.25, 0.3) is 16.7 Å². The monoisotopic (exact) mass is 1980 g/mol. The van der Waals surface area contributed by atoms with Crippen molar-refractivity contribution in [3.8, 4) is 69.0 Å². The molecule has 0 atom stereocenters. The fourth-order valence-electron chi connectivity index (χ4n) is 16.5. The van der Waals surface area contributed by atoms with Gasteiger partial charge in [-0.15, -0.1) is 0 Å². The Morgan fingerprint density at radius 1 is 0.378 bits per heavy atom. The Bertz CT molecular complexity index is 6650. The van der Waals surface area contributed by atoms with Gasteiger partial charge in [0.15, 0.2) is 46.5 Å². The number of benzene rings is 3. The summed E-state index contributed by atoms with van der Waals surface area (Å²) in [4.78, 5) is 117. The second-order valence-electron chi connectivity index (χ2n) is 32.2. The van der Waals surface area contributed by atoms with Crippen molar-refractivity contribution >= 4 is 166 Å². The van der Waals surface area contributed by atoms with Gasteiger partial charge in [0.05, 0.1) is 137 Å². The summed E-state index contributed by atoms with van der Waals surface area (Å²) < 4.78 is 123. The van der Waals surface area contributed by atoms with E-state index in [0.717, 1.165) is 0 Å². The van der Waals surface area contributed by atoms with E-state index in [-0.39, 0.29) is 202 Å². The zero-order valence-corrected chi connectivity index (χ0v) is 78.5. The maximum Gasteiger partial charge on any atom is 0.276 e. The van der Waals surface area contributed by atoms with Crippen LogP contribution in [0.3, 0.4) is 0 Å². The average molecular weight is 1990 g/mol. The predicted octanol–water partition coefficient (Wildman–Crippen LogP) is 18.2. The molecule has 0 radical (unpaired) electrons. The van der Waals surface area contributed by atoms with Crippen LogP contribution >= 0.6 is 81.2 Å². The molecule has 0 spiro atoms. The number of hydrogen-bond acceptors (Lipinski definition) is 21. The highest BCUT2D eigenvalue weighted by atomic mass is 35.5. The van der Waals surface area contributed by atoms with Gasteiger partial charge >= 0.3 is 0 Å². The fourth-order valence-corrected chi connectivity index (χ4v) is 18.1. The minimum absolute atomic E-state index is 0.0422. The van der Waals surface area contributed by atoms with Gasteiger partial charge < -0.3 is 46.6 Å². The first-order chi connectivity index (χ1) is 64.0. The van der Waals surface area contributed by atoms with Crippen molar-refractivity contribution in [1.82, 2.24) is 58.3 Å². The van der Waals surface area contributed by atoms with E-state index in [4.69, 9.17) is 98.4 Å². The van der Waals surface area contributed by atoms with Crippen molar-refractivity contribution < 1.29 is 49.5 Å². The summed E-state index contributed by atoms with van der Waals surface area (Å²) >= 11 is 44.5. The number of nitrogens with zero attached hydrogens (tertiary/aromatic N) is 18. The molecule has 0 unspecified atom stereocenters. The van der Waals surface area contributed by atoms with E-state index in [1.807, 2.05) is 53.7 Å². The Balaban J connectivity index is 0.000000171. The number of pyridine rings is 9. The topological polar surface area (TPSA) is 363 Å². The minimum atomic E-state index is -1.88. The molecule has 3 aromatic carbocycles. The number of aryl methyl sites for hydroxylation is 3. The van der Waals surface area contributed by atoms with E-state index in [2.05, 4.69) is 55.7 Å². The number of halogens is 15. The summed E-state index contributed by atoms with van der Waals surface area (Å²) in [7, 11) is 0. The maximum atomic E-state index is 15.6. The van der Waals surface area contributed by atoms with Crippen LogP contribution in [-0.4, -0.2) is 155 Å². The van der Waals surface area contributed by atoms with Crippen LogP contribution in [-0.2, 0) is 14.4 Å². The quantitative estimate of drug-likeness (QED) is 0.0282. The number of carbonyl (C=O) groups excluding carboxylic acids is 3. The maximum absolute atomic E-state index is 15.6. The van der Waals surface area contributed by atoms with Crippen LogP contribution < -0.4 is 48.6 Å². The number of amides is 3. The molecule has 15 rings (SSSR count). The summed E-state index contributed by atoms with van der Waals surface area (Å²) in [6.07, 6.45) is 8.39. The van der Waals surface area contributed by atoms with Crippen LogP contribution in [0.5, 0.6) is 0 Å². The fraction of sp³-hybridized carbons (Fsp3) is 0.258. The average Bonchev–Trinajstić information content (AvgIpc) is 0.728. The number of piperazine rings is 3. The van der Waals surface area contributed by atoms with Crippen LogP contribution in [0.2, 0.25) is 35.2 Å². The van der Waals surface area contributed by atoms with E-state index in [9.17, 15) is 62.1 Å². The zero-order valence-electron chi connectivity index (χ0n) is 73.2. The van der Waals surface area contributed by atoms with Crippen molar-refractivity contribution in [2.24, 2.45) is 0 Å². The number of hydrogen-bond donors (Lipinski definition) is 3. The molecule has 135 heavy (non-hydrogen) atoms. The van der Waals surface area contributed by atoms with E-state index >= 15 is 17.6 Å². The molecule has 27 nitrogen and oxygen atoms in total. The number of nitrogens with two attached hydrogens (primary N) is 3. The summed E-state index contributed by atoms with van der Waals surface area (Å²) in [6.45, 7) is 30.3. The third-order valence-corrected chi connectivity index (χ3v) is 25.7. The zero-order chi connectivity index (χ0) is 98.7. The molecule has 3 fully saturated rings. The Morgan fingerprint density at radius 2 is 0.637 bits per heavy atom. The summed E-state index contributed by atoms with van der Waals surface area (Å²) in [6, 6.07) is 15.3.